The van der Waals surface area contributed by atoms with Crippen LogP contribution >= 0.6 is 23.1 Å². The van der Waals surface area contributed by atoms with Crippen molar-refractivity contribution in [3.8, 4) is 0 Å². The molecular weight excluding hydrogens is 394 g/mol. The van der Waals surface area contributed by atoms with E-state index in [0.717, 1.165) is 72.4 Å². The Morgan fingerprint density at radius 3 is 2.93 bits per heavy atom. The summed E-state index contributed by atoms with van der Waals surface area (Å²) in [5.41, 5.74) is 1.45. The van der Waals surface area contributed by atoms with Gasteiger partial charge in [-0.15, -0.1) is 16.4 Å². The molecule has 0 amide bonds. The van der Waals surface area contributed by atoms with Gasteiger partial charge in [-0.05, 0) is 52.9 Å². The van der Waals surface area contributed by atoms with E-state index in [1.807, 2.05) is 18.4 Å². The lowest BCUT2D eigenvalue weighted by Crippen LogP contribution is -3.12. The van der Waals surface area contributed by atoms with Crippen molar-refractivity contribution in [2.45, 2.75) is 42.9 Å². The highest BCUT2D eigenvalue weighted by Crippen LogP contribution is 2.41. The van der Waals surface area contributed by atoms with Gasteiger partial charge in [-0.1, -0.05) is 6.92 Å². The normalized spacial score (nSPS) is 20.6. The monoisotopic (exact) mass is 418 g/mol. The minimum absolute atomic E-state index is 0.741. The molecule has 28 heavy (non-hydrogen) atoms. The first-order valence-electron chi connectivity index (χ1n) is 9.80. The van der Waals surface area contributed by atoms with Crippen LogP contribution in [0.25, 0.3) is 10.2 Å². The van der Waals surface area contributed by atoms with Crippen LogP contribution in [0.4, 0.5) is 0 Å². The molecule has 8 nitrogen and oxygen atoms in total. The maximum absolute atomic E-state index is 5.49. The molecule has 148 valence electrons. The third kappa shape index (κ3) is 3.54. The minimum atomic E-state index is 0.741. The van der Waals surface area contributed by atoms with E-state index in [4.69, 9.17) is 14.7 Å². The molecule has 1 aliphatic heterocycles. The number of ether oxygens (including phenoxy) is 1. The summed E-state index contributed by atoms with van der Waals surface area (Å²) in [5.74, 6) is 1.65. The summed E-state index contributed by atoms with van der Waals surface area (Å²) < 4.78 is 7.19. The van der Waals surface area contributed by atoms with Crippen molar-refractivity contribution >= 4 is 33.3 Å². The molecule has 0 bridgehead atoms. The van der Waals surface area contributed by atoms with E-state index < -0.39 is 0 Å². The zero-order chi connectivity index (χ0) is 19.1. The number of morpholine rings is 1. The standard InChI is InChI=1S/C18H23N7OS2/c1-11-3-4-12-13(9-11)27-16-15(12)17(28-18-21-22-23-24(18)2)20-14(19-16)10-25-5-7-26-8-6-25/h11H,3-10H2,1-2H3/p+1/t11-/m1/s1. The van der Waals surface area contributed by atoms with E-state index in [-0.39, 0.29) is 0 Å². The van der Waals surface area contributed by atoms with Gasteiger partial charge in [0.15, 0.2) is 5.82 Å². The van der Waals surface area contributed by atoms with Crippen molar-refractivity contribution in [2.75, 3.05) is 26.3 Å². The first-order chi connectivity index (χ1) is 13.7. The van der Waals surface area contributed by atoms with E-state index >= 15 is 0 Å². The van der Waals surface area contributed by atoms with Gasteiger partial charge in [0.05, 0.1) is 13.2 Å². The van der Waals surface area contributed by atoms with Crippen LogP contribution in [-0.2, 0) is 31.2 Å². The van der Waals surface area contributed by atoms with E-state index in [9.17, 15) is 0 Å². The lowest BCUT2D eigenvalue weighted by molar-refractivity contribution is -0.922. The van der Waals surface area contributed by atoms with Crippen molar-refractivity contribution in [1.82, 2.24) is 30.2 Å². The zero-order valence-corrected chi connectivity index (χ0v) is 17.8. The molecule has 1 N–H and O–H groups in total. The number of fused-ring (bicyclic) bond motifs is 3. The van der Waals surface area contributed by atoms with Gasteiger partial charge in [-0.3, -0.25) is 0 Å². The fraction of sp³-hybridized carbons (Fsp3) is 0.611. The van der Waals surface area contributed by atoms with Gasteiger partial charge in [0, 0.05) is 17.3 Å². The number of hydrogen-bond donors (Lipinski definition) is 1. The molecule has 0 radical (unpaired) electrons. The molecule has 0 aromatic carbocycles. The summed E-state index contributed by atoms with van der Waals surface area (Å²) in [6.45, 7) is 6.82. The van der Waals surface area contributed by atoms with Gasteiger partial charge < -0.3 is 9.64 Å². The van der Waals surface area contributed by atoms with Gasteiger partial charge in [-0.2, -0.15) is 0 Å². The Balaban J connectivity index is 1.57. The van der Waals surface area contributed by atoms with Crippen LogP contribution in [0.15, 0.2) is 10.2 Å². The smallest absolute Gasteiger partial charge is 0.215 e. The first kappa shape index (κ1) is 18.4. The minimum Gasteiger partial charge on any atom is -0.370 e. The molecule has 0 saturated carbocycles. The number of tetrazole rings is 1. The molecule has 1 aliphatic carbocycles. The fourth-order valence-corrected chi connectivity index (χ4v) is 6.32. The lowest BCUT2D eigenvalue weighted by Gasteiger charge is -2.23. The number of nitrogens with zero attached hydrogens (tertiary/aromatic N) is 6. The Bertz CT molecular complexity index is 995. The number of aryl methyl sites for hydroxylation is 2. The van der Waals surface area contributed by atoms with Crippen molar-refractivity contribution in [3.05, 3.63) is 16.3 Å². The summed E-state index contributed by atoms with van der Waals surface area (Å²) in [4.78, 5) is 14.1. The highest BCUT2D eigenvalue weighted by molar-refractivity contribution is 7.99. The molecular formula is C18H24N7OS2+. The molecule has 2 aliphatic rings. The average molecular weight is 419 g/mol. The third-order valence-electron chi connectivity index (χ3n) is 5.55. The second-order valence-corrected chi connectivity index (χ2v) is 9.74. The van der Waals surface area contributed by atoms with Crippen molar-refractivity contribution in [1.29, 1.82) is 0 Å². The van der Waals surface area contributed by atoms with Gasteiger partial charge in [0.2, 0.25) is 5.16 Å². The average Bonchev–Trinajstić information content (AvgIpc) is 3.25. The number of rotatable bonds is 4. The molecule has 1 fully saturated rings. The highest BCUT2D eigenvalue weighted by Gasteiger charge is 2.26. The predicted molar refractivity (Wildman–Crippen MR) is 107 cm³/mol. The van der Waals surface area contributed by atoms with Gasteiger partial charge in [0.1, 0.15) is 29.5 Å². The van der Waals surface area contributed by atoms with Crippen LogP contribution in [0.2, 0.25) is 0 Å². The van der Waals surface area contributed by atoms with Crippen molar-refractivity contribution < 1.29 is 9.64 Å². The van der Waals surface area contributed by atoms with Gasteiger partial charge in [0.25, 0.3) is 0 Å². The number of nitrogens with one attached hydrogen (secondary N) is 1. The van der Waals surface area contributed by atoms with Crippen LogP contribution in [0.3, 0.4) is 0 Å². The van der Waals surface area contributed by atoms with E-state index in [2.05, 4.69) is 22.4 Å². The molecule has 4 heterocycles. The number of aromatic nitrogens is 6. The highest BCUT2D eigenvalue weighted by atomic mass is 32.2. The molecule has 1 atom stereocenters. The Morgan fingerprint density at radius 2 is 2.14 bits per heavy atom. The summed E-state index contributed by atoms with van der Waals surface area (Å²) >= 11 is 3.41. The maximum atomic E-state index is 5.49. The Hall–Kier alpha value is -1.62. The van der Waals surface area contributed by atoms with Crippen molar-refractivity contribution in [2.24, 2.45) is 13.0 Å². The molecule has 3 aromatic heterocycles. The Kier molecular flexibility index (Phi) is 5.04. The summed E-state index contributed by atoms with van der Waals surface area (Å²) in [6.07, 6.45) is 3.49. The third-order valence-corrected chi connectivity index (χ3v) is 7.71. The molecule has 1 saturated heterocycles. The van der Waals surface area contributed by atoms with Crippen LogP contribution in [0.1, 0.15) is 29.6 Å². The first-order valence-corrected chi connectivity index (χ1v) is 11.4. The van der Waals surface area contributed by atoms with Crippen LogP contribution in [0.5, 0.6) is 0 Å². The predicted octanol–water partition coefficient (Wildman–Crippen LogP) is 0.906. The number of thiophene rings is 1. The topological polar surface area (TPSA) is 83.1 Å². The second kappa shape index (κ2) is 7.66. The SMILES string of the molecule is C[C@@H]1CCc2c(sc3nc(C[NH+]4CCOCC4)nc(Sc4nnnn4C)c23)C1. The molecule has 0 unspecified atom stereocenters. The summed E-state index contributed by atoms with van der Waals surface area (Å²) in [7, 11) is 1.87. The molecule has 10 heteroatoms. The zero-order valence-electron chi connectivity index (χ0n) is 16.1. The Morgan fingerprint density at radius 1 is 1.29 bits per heavy atom. The fourth-order valence-electron chi connectivity index (χ4n) is 3.96. The maximum Gasteiger partial charge on any atom is 0.215 e. The van der Waals surface area contributed by atoms with Crippen LogP contribution in [0, 0.1) is 5.92 Å². The van der Waals surface area contributed by atoms with E-state index in [0.29, 0.717) is 0 Å². The van der Waals surface area contributed by atoms with Gasteiger partial charge >= 0.3 is 0 Å². The number of hydrogen-bond acceptors (Lipinski definition) is 8. The van der Waals surface area contributed by atoms with Crippen LogP contribution in [-0.4, -0.2) is 56.5 Å². The lowest BCUT2D eigenvalue weighted by atomic mass is 9.89. The Labute approximate surface area is 171 Å². The van der Waals surface area contributed by atoms with E-state index in [1.54, 1.807) is 16.4 Å². The second-order valence-electron chi connectivity index (χ2n) is 7.70. The molecule has 3 aromatic rings. The van der Waals surface area contributed by atoms with Gasteiger partial charge in [-0.25, -0.2) is 14.6 Å². The van der Waals surface area contributed by atoms with Crippen molar-refractivity contribution in [3.63, 3.8) is 0 Å². The molecule has 0 spiro atoms. The van der Waals surface area contributed by atoms with E-state index in [1.165, 1.54) is 27.1 Å². The quantitative estimate of drug-likeness (QED) is 0.631. The largest absolute Gasteiger partial charge is 0.370 e. The molecule has 5 rings (SSSR count). The van der Waals surface area contributed by atoms with Crippen LogP contribution < -0.4 is 4.90 Å². The summed E-state index contributed by atoms with van der Waals surface area (Å²) in [6, 6.07) is 0. The number of quaternary nitrogens is 1. The summed E-state index contributed by atoms with van der Waals surface area (Å²) in [5, 5.41) is 14.9.